The molecule has 0 heterocycles. The summed E-state index contributed by atoms with van der Waals surface area (Å²) < 4.78 is 48.0. The quantitative estimate of drug-likeness (QED) is 0.478. The van der Waals surface area contributed by atoms with E-state index in [9.17, 15) is 18.0 Å². The molecule has 1 saturated carbocycles. The van der Waals surface area contributed by atoms with Crippen LogP contribution in [0.3, 0.4) is 0 Å². The Labute approximate surface area is 187 Å². The van der Waals surface area contributed by atoms with Crippen molar-refractivity contribution >= 4 is 16.7 Å². The number of carbonyl (C=O) groups is 1. The topological polar surface area (TPSA) is 58.6 Å². The fourth-order valence-corrected chi connectivity index (χ4v) is 4.51. The molecule has 0 radical (unpaired) electrons. The van der Waals surface area contributed by atoms with Crippen molar-refractivity contribution in [3.05, 3.63) is 41.5 Å². The summed E-state index contributed by atoms with van der Waals surface area (Å²) in [5, 5.41) is 12.3. The first-order chi connectivity index (χ1) is 14.9. The zero-order chi connectivity index (χ0) is 23.5. The van der Waals surface area contributed by atoms with E-state index in [2.05, 4.69) is 26.1 Å². The summed E-state index contributed by atoms with van der Waals surface area (Å²) in [4.78, 5) is 10.6. The van der Waals surface area contributed by atoms with Crippen LogP contribution < -0.4 is 10.1 Å². The molecule has 2 aromatic carbocycles. The standard InChI is InChI=1S/C25H32F3NO3/c1-24(2,3)18-6-8-19(9-7-18)32-21-11-5-17-14-16(15-29-13-12-22(30)31)4-10-20(17)23(21)25(26,27)28/h4-5,10-11,14,18-19,29H,6-9,12-13,15H2,1-3H3,(H,30,31). The number of rotatable bonds is 7. The van der Waals surface area contributed by atoms with Crippen LogP contribution in [0, 0.1) is 11.3 Å². The lowest BCUT2D eigenvalue weighted by Gasteiger charge is -2.37. The van der Waals surface area contributed by atoms with Crippen LogP contribution in [0.25, 0.3) is 10.8 Å². The summed E-state index contributed by atoms with van der Waals surface area (Å²) >= 11 is 0. The maximum Gasteiger partial charge on any atom is 0.420 e. The molecule has 0 saturated heterocycles. The second kappa shape index (κ2) is 9.69. The number of halogens is 3. The predicted octanol–water partition coefficient (Wildman–Crippen LogP) is 6.41. The number of aliphatic carboxylic acids is 1. The minimum atomic E-state index is -4.53. The molecule has 0 bridgehead atoms. The maximum absolute atomic E-state index is 14.0. The van der Waals surface area contributed by atoms with Crippen LogP contribution in [-0.2, 0) is 17.5 Å². The summed E-state index contributed by atoms with van der Waals surface area (Å²) in [6, 6.07) is 7.93. The third kappa shape index (κ3) is 6.15. The number of benzene rings is 2. The summed E-state index contributed by atoms with van der Waals surface area (Å²) in [6.45, 7) is 7.31. The molecule has 7 heteroatoms. The van der Waals surface area contributed by atoms with Crippen molar-refractivity contribution in [2.24, 2.45) is 11.3 Å². The number of nitrogens with one attached hydrogen (secondary N) is 1. The molecule has 4 nitrogen and oxygen atoms in total. The first-order valence-electron chi connectivity index (χ1n) is 11.2. The minimum Gasteiger partial charge on any atom is -0.490 e. The number of alkyl halides is 3. The summed E-state index contributed by atoms with van der Waals surface area (Å²) in [6.07, 6.45) is -1.30. The molecule has 0 unspecified atom stereocenters. The highest BCUT2D eigenvalue weighted by atomic mass is 19.4. The van der Waals surface area contributed by atoms with Gasteiger partial charge < -0.3 is 15.2 Å². The Hall–Kier alpha value is -2.28. The van der Waals surface area contributed by atoms with Crippen LogP contribution in [0.2, 0.25) is 0 Å². The Morgan fingerprint density at radius 1 is 1.09 bits per heavy atom. The van der Waals surface area contributed by atoms with Crippen molar-refractivity contribution in [2.45, 2.75) is 71.7 Å². The Balaban J connectivity index is 1.78. The predicted molar refractivity (Wildman–Crippen MR) is 119 cm³/mol. The second-order valence-corrected chi connectivity index (χ2v) is 9.77. The van der Waals surface area contributed by atoms with Gasteiger partial charge in [-0.15, -0.1) is 0 Å². The van der Waals surface area contributed by atoms with Crippen LogP contribution in [0.5, 0.6) is 5.75 Å². The largest absolute Gasteiger partial charge is 0.490 e. The highest BCUT2D eigenvalue weighted by molar-refractivity contribution is 5.89. The first kappa shape index (κ1) is 24.4. The number of carboxylic acids is 1. The SMILES string of the molecule is CC(C)(C)C1CCC(Oc2ccc3cc(CNCCC(=O)O)ccc3c2C(F)(F)F)CC1. The van der Waals surface area contributed by atoms with Gasteiger partial charge in [0.25, 0.3) is 0 Å². The number of carboxylic acid groups (broad SMARTS) is 1. The molecule has 1 fully saturated rings. The van der Waals surface area contributed by atoms with E-state index >= 15 is 0 Å². The van der Waals surface area contributed by atoms with Gasteiger partial charge in [-0.3, -0.25) is 4.79 Å². The molecule has 176 valence electrons. The van der Waals surface area contributed by atoms with Gasteiger partial charge in [-0.25, -0.2) is 0 Å². The van der Waals surface area contributed by atoms with Gasteiger partial charge in [-0.2, -0.15) is 13.2 Å². The number of hydrogen-bond donors (Lipinski definition) is 2. The molecule has 3 rings (SSSR count). The van der Waals surface area contributed by atoms with Crippen LogP contribution in [0.15, 0.2) is 30.3 Å². The molecule has 0 amide bonds. The Bertz CT molecular complexity index is 942. The van der Waals surface area contributed by atoms with Crippen LogP contribution in [0.4, 0.5) is 13.2 Å². The average molecular weight is 452 g/mol. The van der Waals surface area contributed by atoms with Crippen LogP contribution in [0.1, 0.15) is 64.0 Å². The minimum absolute atomic E-state index is 0.00975. The molecule has 0 spiro atoms. The zero-order valence-corrected chi connectivity index (χ0v) is 18.9. The number of hydrogen-bond acceptors (Lipinski definition) is 3. The summed E-state index contributed by atoms with van der Waals surface area (Å²) in [7, 11) is 0. The molecule has 1 aliphatic carbocycles. The van der Waals surface area contributed by atoms with Crippen molar-refractivity contribution in [1.29, 1.82) is 0 Å². The third-order valence-corrected chi connectivity index (χ3v) is 6.37. The molecule has 0 aromatic heterocycles. The van der Waals surface area contributed by atoms with Crippen LogP contribution >= 0.6 is 0 Å². The molecule has 32 heavy (non-hydrogen) atoms. The van der Waals surface area contributed by atoms with Gasteiger partial charge in [0.05, 0.1) is 12.5 Å². The van der Waals surface area contributed by atoms with E-state index in [1.54, 1.807) is 18.2 Å². The molecular weight excluding hydrogens is 419 g/mol. The third-order valence-electron chi connectivity index (χ3n) is 6.37. The van der Waals surface area contributed by atoms with Crippen LogP contribution in [-0.4, -0.2) is 23.7 Å². The van der Waals surface area contributed by atoms with Gasteiger partial charge in [-0.1, -0.05) is 39.0 Å². The lowest BCUT2D eigenvalue weighted by Crippen LogP contribution is -2.31. The fourth-order valence-electron chi connectivity index (χ4n) is 4.51. The van der Waals surface area contributed by atoms with Gasteiger partial charge in [0.2, 0.25) is 0 Å². The van der Waals surface area contributed by atoms with E-state index in [1.807, 2.05) is 0 Å². The highest BCUT2D eigenvalue weighted by Gasteiger charge is 2.38. The van der Waals surface area contributed by atoms with Crippen molar-refractivity contribution in [1.82, 2.24) is 5.32 Å². The van der Waals surface area contributed by atoms with E-state index in [0.29, 0.717) is 24.4 Å². The molecule has 1 aliphatic rings. The Kier molecular flexibility index (Phi) is 7.38. The van der Waals surface area contributed by atoms with E-state index in [4.69, 9.17) is 9.84 Å². The monoisotopic (exact) mass is 451 g/mol. The molecule has 2 aromatic rings. The van der Waals surface area contributed by atoms with E-state index < -0.39 is 17.7 Å². The number of fused-ring (bicyclic) bond motifs is 1. The van der Waals surface area contributed by atoms with E-state index in [1.165, 1.54) is 12.1 Å². The molecule has 2 N–H and O–H groups in total. The van der Waals surface area contributed by atoms with E-state index in [0.717, 1.165) is 31.2 Å². The molecule has 0 atom stereocenters. The maximum atomic E-state index is 14.0. The zero-order valence-electron chi connectivity index (χ0n) is 18.9. The normalized spacial score (nSPS) is 19.8. The van der Waals surface area contributed by atoms with Gasteiger partial charge in [-0.05, 0) is 65.5 Å². The van der Waals surface area contributed by atoms with Crippen molar-refractivity contribution in [3.63, 3.8) is 0 Å². The van der Waals surface area contributed by atoms with Crippen molar-refractivity contribution in [2.75, 3.05) is 6.54 Å². The fraction of sp³-hybridized carbons (Fsp3) is 0.560. The lowest BCUT2D eigenvalue weighted by atomic mass is 9.72. The summed E-state index contributed by atoms with van der Waals surface area (Å²) in [5.41, 5.74) is 0.272. The van der Waals surface area contributed by atoms with Crippen molar-refractivity contribution < 1.29 is 27.8 Å². The lowest BCUT2D eigenvalue weighted by molar-refractivity contribution is -0.138. The summed E-state index contributed by atoms with van der Waals surface area (Å²) in [5.74, 6) is -0.439. The first-order valence-corrected chi connectivity index (χ1v) is 11.2. The number of ether oxygens (including phenoxy) is 1. The average Bonchev–Trinajstić information content (AvgIpc) is 2.69. The smallest absolute Gasteiger partial charge is 0.420 e. The van der Waals surface area contributed by atoms with E-state index in [-0.39, 0.29) is 29.1 Å². The van der Waals surface area contributed by atoms with Crippen molar-refractivity contribution in [3.8, 4) is 5.75 Å². The van der Waals surface area contributed by atoms with Gasteiger partial charge in [0.15, 0.2) is 0 Å². The van der Waals surface area contributed by atoms with Gasteiger partial charge in [0.1, 0.15) is 11.3 Å². The molecule has 0 aliphatic heterocycles. The highest BCUT2D eigenvalue weighted by Crippen LogP contribution is 2.44. The Morgan fingerprint density at radius 2 is 1.78 bits per heavy atom. The Morgan fingerprint density at radius 3 is 2.38 bits per heavy atom. The second-order valence-electron chi connectivity index (χ2n) is 9.77. The van der Waals surface area contributed by atoms with Gasteiger partial charge >= 0.3 is 12.1 Å². The van der Waals surface area contributed by atoms with Gasteiger partial charge in [0, 0.05) is 13.1 Å². The molecular formula is C25H32F3NO3.